The Balaban J connectivity index is 1.92. The van der Waals surface area contributed by atoms with Gasteiger partial charge in [0.15, 0.2) is 5.78 Å². The van der Waals surface area contributed by atoms with Crippen molar-refractivity contribution in [2.24, 2.45) is 0 Å². The molecule has 1 aromatic carbocycles. The number of ketones is 1. The van der Waals surface area contributed by atoms with E-state index in [2.05, 4.69) is 5.32 Å². The fourth-order valence-corrected chi connectivity index (χ4v) is 2.75. The molecule has 0 spiro atoms. The number of benzene rings is 1. The highest BCUT2D eigenvalue weighted by atomic mass is 32.1. The van der Waals surface area contributed by atoms with Gasteiger partial charge in [0, 0.05) is 11.1 Å². The zero-order chi connectivity index (χ0) is 13.9. The lowest BCUT2D eigenvalue weighted by atomic mass is 10.1. The summed E-state index contributed by atoms with van der Waals surface area (Å²) in [6, 6.07) is 7.66. The second kappa shape index (κ2) is 5.71. The Labute approximate surface area is 112 Å². The van der Waals surface area contributed by atoms with Crippen LogP contribution in [0, 0.1) is 0 Å². The Hall–Kier alpha value is -1.40. The van der Waals surface area contributed by atoms with Gasteiger partial charge in [-0.25, -0.2) is 0 Å². The van der Waals surface area contributed by atoms with E-state index < -0.39 is 12.7 Å². The van der Waals surface area contributed by atoms with Gasteiger partial charge in [0.2, 0.25) is 0 Å². The molecule has 2 rings (SSSR count). The minimum Gasteiger partial charge on any atom is -0.302 e. The first-order chi connectivity index (χ1) is 8.96. The number of nitrogens with one attached hydrogen (secondary N) is 1. The maximum atomic E-state index is 11.9. The molecule has 0 amide bonds. The van der Waals surface area contributed by atoms with Gasteiger partial charge in [-0.3, -0.25) is 4.79 Å². The molecule has 0 unspecified atom stereocenters. The Kier molecular flexibility index (Phi) is 4.21. The molecule has 1 N–H and O–H groups in total. The highest BCUT2D eigenvalue weighted by Gasteiger charge is 2.26. The van der Waals surface area contributed by atoms with Crippen molar-refractivity contribution in [1.82, 2.24) is 5.32 Å². The Morgan fingerprint density at radius 3 is 2.74 bits per heavy atom. The van der Waals surface area contributed by atoms with Gasteiger partial charge >= 0.3 is 6.18 Å². The van der Waals surface area contributed by atoms with Crippen molar-refractivity contribution in [2.45, 2.75) is 12.6 Å². The van der Waals surface area contributed by atoms with Gasteiger partial charge in [-0.1, -0.05) is 18.2 Å². The average molecular weight is 287 g/mol. The third kappa shape index (κ3) is 4.04. The van der Waals surface area contributed by atoms with Crippen molar-refractivity contribution in [3.8, 4) is 0 Å². The predicted octanol–water partition coefficient (Wildman–Crippen LogP) is 3.16. The number of hydrogen-bond donors (Lipinski definition) is 1. The molecule has 0 atom stereocenters. The molecule has 19 heavy (non-hydrogen) atoms. The molecule has 0 aliphatic carbocycles. The molecular weight excluding hydrogens is 275 g/mol. The van der Waals surface area contributed by atoms with Crippen LogP contribution in [-0.4, -0.2) is 25.0 Å². The quantitative estimate of drug-likeness (QED) is 0.915. The van der Waals surface area contributed by atoms with Gasteiger partial charge in [0.25, 0.3) is 0 Å². The van der Waals surface area contributed by atoms with Crippen molar-refractivity contribution in [1.29, 1.82) is 0 Å². The van der Waals surface area contributed by atoms with Crippen LogP contribution in [0.5, 0.6) is 0 Å². The smallest absolute Gasteiger partial charge is 0.302 e. The summed E-state index contributed by atoms with van der Waals surface area (Å²) in [4.78, 5) is 11.6. The first kappa shape index (κ1) is 14.0. The van der Waals surface area contributed by atoms with Crippen LogP contribution >= 0.6 is 11.3 Å². The van der Waals surface area contributed by atoms with Crippen LogP contribution in [-0.2, 0) is 11.2 Å². The number of hydrogen-bond acceptors (Lipinski definition) is 3. The first-order valence-electron chi connectivity index (χ1n) is 5.70. The topological polar surface area (TPSA) is 29.1 Å². The summed E-state index contributed by atoms with van der Waals surface area (Å²) < 4.78 is 36.8. The van der Waals surface area contributed by atoms with Gasteiger partial charge in [0.1, 0.15) is 0 Å². The fourth-order valence-electron chi connectivity index (χ4n) is 1.79. The fraction of sp³-hybridized carbons (Fsp3) is 0.308. The number of carbonyl (C=O) groups is 1. The van der Waals surface area contributed by atoms with E-state index in [1.54, 1.807) is 0 Å². The van der Waals surface area contributed by atoms with Crippen molar-refractivity contribution in [2.75, 3.05) is 13.1 Å². The number of halogens is 3. The molecule has 0 fully saturated rings. The maximum Gasteiger partial charge on any atom is 0.401 e. The number of rotatable bonds is 5. The van der Waals surface area contributed by atoms with Gasteiger partial charge < -0.3 is 5.32 Å². The van der Waals surface area contributed by atoms with Gasteiger partial charge in [-0.05, 0) is 22.4 Å². The molecule has 0 saturated carbocycles. The van der Waals surface area contributed by atoms with Gasteiger partial charge in [-0.2, -0.15) is 13.2 Å². The molecular formula is C13H12F3NOS. The van der Waals surface area contributed by atoms with Crippen LogP contribution in [0.3, 0.4) is 0 Å². The molecule has 0 radical (unpaired) electrons. The summed E-state index contributed by atoms with van der Waals surface area (Å²) in [6.07, 6.45) is -4.12. The number of thiophene rings is 1. The Bertz CT molecular complexity index is 577. The second-order valence-corrected chi connectivity index (χ2v) is 5.10. The molecule has 0 aliphatic rings. The summed E-state index contributed by atoms with van der Waals surface area (Å²) in [5.74, 6) is -0.243. The standard InChI is InChI=1S/C13H12F3NOS/c14-13(15,16)8-17-6-10(18)5-9-7-19-12-4-2-1-3-11(9)12/h1-4,7,17H,5-6,8H2. The number of fused-ring (bicyclic) bond motifs is 1. The van der Waals surface area contributed by atoms with Gasteiger partial charge in [0.05, 0.1) is 13.1 Å². The summed E-state index contributed by atoms with van der Waals surface area (Å²) in [5, 5.41) is 4.99. The molecule has 0 bridgehead atoms. The molecule has 6 heteroatoms. The van der Waals surface area contributed by atoms with Crippen molar-refractivity contribution >= 4 is 27.2 Å². The molecule has 1 aromatic heterocycles. The van der Waals surface area contributed by atoms with Crippen LogP contribution in [0.1, 0.15) is 5.56 Å². The number of alkyl halides is 3. The van der Waals surface area contributed by atoms with Crippen molar-refractivity contribution in [3.05, 3.63) is 35.2 Å². The van der Waals surface area contributed by atoms with Crippen molar-refractivity contribution in [3.63, 3.8) is 0 Å². The van der Waals surface area contributed by atoms with E-state index in [9.17, 15) is 18.0 Å². The average Bonchev–Trinajstić information content (AvgIpc) is 2.71. The van der Waals surface area contributed by atoms with E-state index in [0.29, 0.717) is 0 Å². The molecule has 102 valence electrons. The predicted molar refractivity (Wildman–Crippen MR) is 69.5 cm³/mol. The van der Waals surface area contributed by atoms with Crippen LogP contribution in [0.4, 0.5) is 13.2 Å². The largest absolute Gasteiger partial charge is 0.401 e. The van der Waals surface area contributed by atoms with Crippen LogP contribution in [0.15, 0.2) is 29.6 Å². The highest BCUT2D eigenvalue weighted by molar-refractivity contribution is 7.17. The molecule has 0 saturated heterocycles. The Morgan fingerprint density at radius 1 is 1.26 bits per heavy atom. The zero-order valence-electron chi connectivity index (χ0n) is 9.96. The third-order valence-corrected chi connectivity index (χ3v) is 3.61. The van der Waals surface area contributed by atoms with Crippen molar-refractivity contribution < 1.29 is 18.0 Å². The summed E-state index contributed by atoms with van der Waals surface area (Å²) in [6.45, 7) is -1.40. The summed E-state index contributed by atoms with van der Waals surface area (Å²) in [7, 11) is 0. The van der Waals surface area contributed by atoms with Gasteiger partial charge in [-0.15, -0.1) is 11.3 Å². The van der Waals surface area contributed by atoms with E-state index >= 15 is 0 Å². The number of carbonyl (C=O) groups excluding carboxylic acids is 1. The van der Waals surface area contributed by atoms with E-state index in [-0.39, 0.29) is 18.7 Å². The highest BCUT2D eigenvalue weighted by Crippen LogP contribution is 2.25. The molecule has 2 aromatic rings. The van der Waals surface area contributed by atoms with E-state index in [1.807, 2.05) is 29.6 Å². The van der Waals surface area contributed by atoms with E-state index in [1.165, 1.54) is 11.3 Å². The van der Waals surface area contributed by atoms with E-state index in [4.69, 9.17) is 0 Å². The minimum atomic E-state index is -4.28. The normalized spacial score (nSPS) is 11.9. The molecule has 0 aliphatic heterocycles. The van der Waals surface area contributed by atoms with Crippen LogP contribution in [0.25, 0.3) is 10.1 Å². The third-order valence-electron chi connectivity index (χ3n) is 2.60. The lowest BCUT2D eigenvalue weighted by molar-refractivity contribution is -0.127. The lowest BCUT2D eigenvalue weighted by Crippen LogP contribution is -2.33. The monoisotopic (exact) mass is 287 g/mol. The zero-order valence-corrected chi connectivity index (χ0v) is 10.8. The lowest BCUT2D eigenvalue weighted by Gasteiger charge is -2.07. The minimum absolute atomic E-state index is 0.162. The molecule has 1 heterocycles. The molecule has 2 nitrogen and oxygen atoms in total. The SMILES string of the molecule is O=C(CNCC(F)(F)F)Cc1csc2ccccc12. The number of Topliss-reactive ketones (excluding diaryl/α,β-unsaturated/α-hetero) is 1. The summed E-state index contributed by atoms with van der Waals surface area (Å²) >= 11 is 1.53. The Morgan fingerprint density at radius 2 is 2.00 bits per heavy atom. The van der Waals surface area contributed by atoms with Crippen LogP contribution < -0.4 is 5.32 Å². The van der Waals surface area contributed by atoms with E-state index in [0.717, 1.165) is 15.6 Å². The maximum absolute atomic E-state index is 11.9. The summed E-state index contributed by atoms with van der Waals surface area (Å²) in [5.41, 5.74) is 0.874. The van der Waals surface area contributed by atoms with Crippen LogP contribution in [0.2, 0.25) is 0 Å². The second-order valence-electron chi connectivity index (χ2n) is 4.19. The first-order valence-corrected chi connectivity index (χ1v) is 6.58.